The van der Waals surface area contributed by atoms with Gasteiger partial charge in [-0.15, -0.1) is 0 Å². The first-order valence-corrected chi connectivity index (χ1v) is 8.79. The fraction of sp³-hybridized carbons (Fsp3) is 1.00. The van der Waals surface area contributed by atoms with Gasteiger partial charge >= 0.3 is 0 Å². The van der Waals surface area contributed by atoms with E-state index in [1.807, 2.05) is 0 Å². The van der Waals surface area contributed by atoms with Crippen LogP contribution < -0.4 is 5.32 Å². The Morgan fingerprint density at radius 2 is 1.74 bits per heavy atom. The van der Waals surface area contributed by atoms with Gasteiger partial charge in [0.25, 0.3) is 0 Å². The molecule has 2 saturated carbocycles. The van der Waals surface area contributed by atoms with E-state index in [-0.39, 0.29) is 0 Å². The molecule has 1 heterocycles. The summed E-state index contributed by atoms with van der Waals surface area (Å²) in [5, 5.41) is 3.91. The third kappa shape index (κ3) is 4.19. The minimum absolute atomic E-state index is 0.776. The smallest absolute Gasteiger partial charge is 0.0198 e. The molecule has 0 radical (unpaired) electrons. The van der Waals surface area contributed by atoms with Gasteiger partial charge in [0.15, 0.2) is 0 Å². The van der Waals surface area contributed by atoms with Crippen LogP contribution in [-0.2, 0) is 0 Å². The van der Waals surface area contributed by atoms with Crippen LogP contribution in [0.1, 0.15) is 58.3 Å². The van der Waals surface area contributed by atoms with Gasteiger partial charge in [0.05, 0.1) is 0 Å². The van der Waals surface area contributed by atoms with Crippen molar-refractivity contribution >= 4 is 0 Å². The van der Waals surface area contributed by atoms with Crippen LogP contribution in [0.2, 0.25) is 0 Å². The zero-order valence-corrected chi connectivity index (χ0v) is 12.7. The normalized spacial score (nSPS) is 33.9. The predicted octanol–water partition coefficient (Wildman–Crippen LogP) is 3.28. The van der Waals surface area contributed by atoms with Gasteiger partial charge in [-0.05, 0) is 56.4 Å². The van der Waals surface area contributed by atoms with Gasteiger partial charge in [-0.1, -0.05) is 26.2 Å². The lowest BCUT2D eigenvalue weighted by Crippen LogP contribution is -2.50. The van der Waals surface area contributed by atoms with E-state index in [0.29, 0.717) is 0 Å². The van der Waals surface area contributed by atoms with E-state index < -0.39 is 0 Å². The summed E-state index contributed by atoms with van der Waals surface area (Å²) in [6.45, 7) is 7.74. The third-order valence-corrected chi connectivity index (χ3v) is 5.57. The second-order valence-corrected chi connectivity index (χ2v) is 7.43. The maximum atomic E-state index is 3.91. The molecule has 0 spiro atoms. The maximum absolute atomic E-state index is 3.91. The standard InChI is InChI=1S/C17H32N2/c1-2-14-9-17(18-10-15-5-3-4-6-15)13-19(11-14)12-16-7-8-16/h14-18H,2-13H2,1H3. The third-order valence-electron chi connectivity index (χ3n) is 5.57. The highest BCUT2D eigenvalue weighted by Gasteiger charge is 2.31. The van der Waals surface area contributed by atoms with Crippen LogP contribution in [0.15, 0.2) is 0 Å². The SMILES string of the molecule is CCC1CC(NCC2CCCC2)CN(CC2CC2)C1. The Bertz CT molecular complexity index is 268. The molecule has 0 amide bonds. The van der Waals surface area contributed by atoms with Crippen molar-refractivity contribution in [2.45, 2.75) is 64.3 Å². The summed E-state index contributed by atoms with van der Waals surface area (Å²) in [6, 6.07) is 0.776. The average molecular weight is 264 g/mol. The first-order valence-electron chi connectivity index (χ1n) is 8.79. The van der Waals surface area contributed by atoms with Crippen molar-refractivity contribution in [2.75, 3.05) is 26.2 Å². The highest BCUT2D eigenvalue weighted by Crippen LogP contribution is 2.32. The van der Waals surface area contributed by atoms with Crippen LogP contribution in [0.25, 0.3) is 0 Å². The quantitative estimate of drug-likeness (QED) is 0.792. The molecule has 2 unspecified atom stereocenters. The van der Waals surface area contributed by atoms with Gasteiger partial charge in [-0.25, -0.2) is 0 Å². The van der Waals surface area contributed by atoms with E-state index in [4.69, 9.17) is 0 Å². The molecule has 3 rings (SSSR count). The molecule has 0 bridgehead atoms. The van der Waals surface area contributed by atoms with E-state index in [1.54, 1.807) is 0 Å². The van der Waals surface area contributed by atoms with E-state index in [9.17, 15) is 0 Å². The Morgan fingerprint density at radius 3 is 2.42 bits per heavy atom. The summed E-state index contributed by atoms with van der Waals surface area (Å²) in [7, 11) is 0. The number of piperidine rings is 1. The van der Waals surface area contributed by atoms with Crippen molar-refractivity contribution in [3.05, 3.63) is 0 Å². The van der Waals surface area contributed by atoms with Crippen molar-refractivity contribution in [3.8, 4) is 0 Å². The number of rotatable bonds is 6. The van der Waals surface area contributed by atoms with Crippen molar-refractivity contribution in [3.63, 3.8) is 0 Å². The molecule has 19 heavy (non-hydrogen) atoms. The summed E-state index contributed by atoms with van der Waals surface area (Å²) in [5.41, 5.74) is 0. The van der Waals surface area contributed by atoms with E-state index in [1.165, 1.54) is 77.5 Å². The molecule has 1 aliphatic heterocycles. The number of likely N-dealkylation sites (tertiary alicyclic amines) is 1. The number of nitrogens with one attached hydrogen (secondary N) is 1. The minimum Gasteiger partial charge on any atom is -0.312 e. The number of hydrogen-bond acceptors (Lipinski definition) is 2. The predicted molar refractivity (Wildman–Crippen MR) is 81.3 cm³/mol. The summed E-state index contributed by atoms with van der Waals surface area (Å²) < 4.78 is 0. The molecular formula is C17H32N2. The van der Waals surface area contributed by atoms with Crippen molar-refractivity contribution in [2.24, 2.45) is 17.8 Å². The second kappa shape index (κ2) is 6.58. The van der Waals surface area contributed by atoms with E-state index in [0.717, 1.165) is 23.8 Å². The van der Waals surface area contributed by atoms with Crippen LogP contribution in [0.4, 0.5) is 0 Å². The lowest BCUT2D eigenvalue weighted by atomic mass is 9.91. The van der Waals surface area contributed by atoms with E-state index >= 15 is 0 Å². The lowest BCUT2D eigenvalue weighted by Gasteiger charge is -2.38. The topological polar surface area (TPSA) is 15.3 Å². The monoisotopic (exact) mass is 264 g/mol. The molecule has 2 nitrogen and oxygen atoms in total. The Kier molecular flexibility index (Phi) is 4.81. The molecule has 1 N–H and O–H groups in total. The van der Waals surface area contributed by atoms with Crippen LogP contribution in [0.3, 0.4) is 0 Å². The molecule has 2 heteroatoms. The fourth-order valence-electron chi connectivity index (χ4n) is 4.11. The second-order valence-electron chi connectivity index (χ2n) is 7.43. The Morgan fingerprint density at radius 1 is 0.947 bits per heavy atom. The molecule has 2 atom stereocenters. The lowest BCUT2D eigenvalue weighted by molar-refractivity contribution is 0.131. The summed E-state index contributed by atoms with van der Waals surface area (Å²) in [5.74, 6) is 2.97. The molecule has 110 valence electrons. The molecule has 0 aromatic rings. The molecular weight excluding hydrogens is 232 g/mol. The molecule has 3 fully saturated rings. The molecule has 2 aliphatic carbocycles. The van der Waals surface area contributed by atoms with Crippen LogP contribution in [0, 0.1) is 17.8 Å². The van der Waals surface area contributed by atoms with Gasteiger partial charge in [0, 0.05) is 25.7 Å². The van der Waals surface area contributed by atoms with Crippen LogP contribution in [0.5, 0.6) is 0 Å². The molecule has 3 aliphatic rings. The summed E-state index contributed by atoms with van der Waals surface area (Å²) in [6.07, 6.45) is 11.7. The van der Waals surface area contributed by atoms with Gasteiger partial charge in [-0.2, -0.15) is 0 Å². The van der Waals surface area contributed by atoms with Gasteiger partial charge < -0.3 is 10.2 Å². The minimum atomic E-state index is 0.776. The number of hydrogen-bond donors (Lipinski definition) is 1. The summed E-state index contributed by atoms with van der Waals surface area (Å²) >= 11 is 0. The highest BCUT2D eigenvalue weighted by atomic mass is 15.2. The maximum Gasteiger partial charge on any atom is 0.0198 e. The Balaban J connectivity index is 1.44. The fourth-order valence-corrected chi connectivity index (χ4v) is 4.11. The molecule has 0 aromatic carbocycles. The molecule has 1 saturated heterocycles. The zero-order valence-electron chi connectivity index (χ0n) is 12.7. The van der Waals surface area contributed by atoms with Gasteiger partial charge in [0.1, 0.15) is 0 Å². The van der Waals surface area contributed by atoms with Crippen molar-refractivity contribution in [1.29, 1.82) is 0 Å². The van der Waals surface area contributed by atoms with Crippen LogP contribution in [-0.4, -0.2) is 37.1 Å². The highest BCUT2D eigenvalue weighted by molar-refractivity contribution is 4.87. The number of nitrogens with zero attached hydrogens (tertiary/aromatic N) is 1. The average Bonchev–Trinajstić information content (AvgIpc) is 3.08. The van der Waals surface area contributed by atoms with E-state index in [2.05, 4.69) is 17.1 Å². The summed E-state index contributed by atoms with van der Waals surface area (Å²) in [4.78, 5) is 2.77. The Labute approximate surface area is 119 Å². The zero-order chi connectivity index (χ0) is 13.1. The van der Waals surface area contributed by atoms with Gasteiger partial charge in [-0.3, -0.25) is 0 Å². The van der Waals surface area contributed by atoms with Crippen molar-refractivity contribution < 1.29 is 0 Å². The largest absolute Gasteiger partial charge is 0.312 e. The first kappa shape index (κ1) is 13.9. The van der Waals surface area contributed by atoms with Crippen LogP contribution >= 0.6 is 0 Å². The molecule has 0 aromatic heterocycles. The Hall–Kier alpha value is -0.0800. The van der Waals surface area contributed by atoms with Gasteiger partial charge in [0.2, 0.25) is 0 Å². The van der Waals surface area contributed by atoms with Crippen molar-refractivity contribution in [1.82, 2.24) is 10.2 Å². The first-order chi connectivity index (χ1) is 9.33.